The van der Waals surface area contributed by atoms with E-state index in [1.807, 2.05) is 0 Å². The number of nitrogens with two attached hydrogens (primary N) is 1. The molecule has 88 valence electrons. The summed E-state index contributed by atoms with van der Waals surface area (Å²) >= 11 is 0. The molecule has 1 aliphatic heterocycles. The van der Waals surface area contributed by atoms with E-state index >= 15 is 0 Å². The van der Waals surface area contributed by atoms with Gasteiger partial charge in [-0.1, -0.05) is 0 Å². The van der Waals surface area contributed by atoms with E-state index in [1.165, 1.54) is 6.07 Å². The molecule has 3 nitrogen and oxygen atoms in total. The van der Waals surface area contributed by atoms with Gasteiger partial charge >= 0.3 is 6.18 Å². The van der Waals surface area contributed by atoms with Gasteiger partial charge in [0.1, 0.15) is 17.5 Å². The number of rotatable bonds is 1. The topological polar surface area (TPSA) is 48.1 Å². The van der Waals surface area contributed by atoms with Gasteiger partial charge in [0.15, 0.2) is 0 Å². The normalized spacial score (nSPS) is 24.1. The summed E-state index contributed by atoms with van der Waals surface area (Å²) in [6.07, 6.45) is -4.66. The summed E-state index contributed by atoms with van der Waals surface area (Å²) in [5.41, 5.74) is 4.91. The fraction of sp³-hybridized carbons (Fsp3) is 0.500. The smallest absolute Gasteiger partial charge is 0.433 e. The molecule has 0 saturated carbocycles. The molecule has 6 heteroatoms. The molecular formula is C10H11F3N2O. The Labute approximate surface area is 90.4 Å². The first-order valence-electron chi connectivity index (χ1n) is 4.88. The van der Waals surface area contributed by atoms with Crippen LogP contribution in [0.25, 0.3) is 0 Å². The zero-order valence-electron chi connectivity index (χ0n) is 8.58. The lowest BCUT2D eigenvalue weighted by atomic mass is 10.0. The summed E-state index contributed by atoms with van der Waals surface area (Å²) in [5.74, 6) is 0.133. The van der Waals surface area contributed by atoms with Crippen molar-refractivity contribution in [2.45, 2.75) is 25.1 Å². The Kier molecular flexibility index (Phi) is 2.53. The molecule has 0 unspecified atom stereocenters. The largest absolute Gasteiger partial charge is 0.488 e. The molecule has 0 bridgehead atoms. The van der Waals surface area contributed by atoms with Crippen LogP contribution >= 0.6 is 0 Å². The van der Waals surface area contributed by atoms with Crippen LogP contribution in [0.15, 0.2) is 12.1 Å². The van der Waals surface area contributed by atoms with E-state index in [1.54, 1.807) is 6.92 Å². The third kappa shape index (κ3) is 1.73. The van der Waals surface area contributed by atoms with Gasteiger partial charge in [0.25, 0.3) is 0 Å². The van der Waals surface area contributed by atoms with Crippen LogP contribution in [-0.4, -0.2) is 17.6 Å². The molecule has 16 heavy (non-hydrogen) atoms. The zero-order chi connectivity index (χ0) is 11.9. The monoisotopic (exact) mass is 232 g/mol. The first-order chi connectivity index (χ1) is 7.43. The van der Waals surface area contributed by atoms with E-state index in [4.69, 9.17) is 10.5 Å². The van der Waals surface area contributed by atoms with Crippen molar-refractivity contribution < 1.29 is 17.9 Å². The highest BCUT2D eigenvalue weighted by Gasteiger charge is 2.37. The molecule has 2 rings (SSSR count). The van der Waals surface area contributed by atoms with Crippen LogP contribution in [0.5, 0.6) is 5.75 Å². The first-order valence-corrected chi connectivity index (χ1v) is 4.88. The summed E-state index contributed by atoms with van der Waals surface area (Å²) in [4.78, 5) is 3.60. The molecule has 0 radical (unpaired) electrons. The highest BCUT2D eigenvalue weighted by Crippen LogP contribution is 2.38. The Balaban J connectivity index is 2.43. The molecule has 0 aromatic carbocycles. The molecule has 2 N–H and O–H groups in total. The van der Waals surface area contributed by atoms with Crippen molar-refractivity contribution in [1.29, 1.82) is 0 Å². The van der Waals surface area contributed by atoms with Gasteiger partial charge in [0.2, 0.25) is 0 Å². The molecule has 2 atom stereocenters. The summed E-state index contributed by atoms with van der Waals surface area (Å²) in [6.45, 7) is 1.99. The van der Waals surface area contributed by atoms with Crippen molar-refractivity contribution in [3.63, 3.8) is 0 Å². The number of pyridine rings is 1. The van der Waals surface area contributed by atoms with E-state index < -0.39 is 11.9 Å². The van der Waals surface area contributed by atoms with Crippen LogP contribution in [0, 0.1) is 0 Å². The minimum Gasteiger partial charge on any atom is -0.488 e. The summed E-state index contributed by atoms with van der Waals surface area (Å²) in [5, 5.41) is 0. The molecule has 1 aromatic rings. The minimum absolute atomic E-state index is 0.225. The van der Waals surface area contributed by atoms with Gasteiger partial charge in [-0.3, -0.25) is 0 Å². The van der Waals surface area contributed by atoms with Crippen molar-refractivity contribution in [1.82, 2.24) is 4.98 Å². The zero-order valence-corrected chi connectivity index (χ0v) is 8.58. The second-order valence-electron chi connectivity index (χ2n) is 3.74. The Bertz CT molecular complexity index is 406. The minimum atomic E-state index is -4.43. The summed E-state index contributed by atoms with van der Waals surface area (Å²) < 4.78 is 42.7. The lowest BCUT2D eigenvalue weighted by molar-refractivity contribution is -0.141. The number of ether oxygens (including phenoxy) is 1. The third-order valence-electron chi connectivity index (χ3n) is 2.66. The van der Waals surface area contributed by atoms with Gasteiger partial charge in [-0.2, -0.15) is 13.2 Å². The fourth-order valence-electron chi connectivity index (χ4n) is 1.79. The molecule has 0 amide bonds. The van der Waals surface area contributed by atoms with Crippen LogP contribution in [0.2, 0.25) is 0 Å². The summed E-state index contributed by atoms with van der Waals surface area (Å²) in [7, 11) is 0. The Hall–Kier alpha value is -1.30. The van der Waals surface area contributed by atoms with E-state index in [-0.39, 0.29) is 18.6 Å². The van der Waals surface area contributed by atoms with Crippen molar-refractivity contribution in [2.24, 2.45) is 5.73 Å². The quantitative estimate of drug-likeness (QED) is 0.804. The lowest BCUT2D eigenvalue weighted by Gasteiger charge is -2.11. The first kappa shape index (κ1) is 11.2. The number of fused-ring (bicyclic) bond motifs is 1. The van der Waals surface area contributed by atoms with E-state index in [0.717, 1.165) is 6.07 Å². The molecule has 0 aliphatic carbocycles. The highest BCUT2D eigenvalue weighted by atomic mass is 19.4. The second kappa shape index (κ2) is 3.62. The number of hydrogen-bond donors (Lipinski definition) is 1. The number of alkyl halides is 3. The maximum absolute atomic E-state index is 12.4. The average Bonchev–Trinajstić information content (AvgIpc) is 2.50. The van der Waals surface area contributed by atoms with Gasteiger partial charge in [-0.25, -0.2) is 4.98 Å². The molecule has 0 fully saturated rings. The third-order valence-corrected chi connectivity index (χ3v) is 2.66. The standard InChI is InChI=1S/C10H11F3N2O/c1-5-6(4-14)9-7(16-5)2-3-8(15-9)10(11,12)13/h2-3,5-6H,4,14H2,1H3/t5-,6-/m1/s1. The van der Waals surface area contributed by atoms with Gasteiger partial charge in [0, 0.05) is 6.54 Å². The van der Waals surface area contributed by atoms with Crippen LogP contribution in [-0.2, 0) is 6.18 Å². The fourth-order valence-corrected chi connectivity index (χ4v) is 1.79. The van der Waals surface area contributed by atoms with E-state index in [2.05, 4.69) is 4.98 Å². The average molecular weight is 232 g/mol. The van der Waals surface area contributed by atoms with Gasteiger partial charge < -0.3 is 10.5 Å². The summed E-state index contributed by atoms with van der Waals surface area (Å²) in [6, 6.07) is 2.22. The van der Waals surface area contributed by atoms with Crippen LogP contribution in [0.4, 0.5) is 13.2 Å². The predicted molar refractivity (Wildman–Crippen MR) is 51.1 cm³/mol. The van der Waals surface area contributed by atoms with Crippen LogP contribution < -0.4 is 10.5 Å². The Morgan fingerprint density at radius 3 is 2.69 bits per heavy atom. The number of aromatic nitrogens is 1. The van der Waals surface area contributed by atoms with Crippen molar-refractivity contribution in [3.8, 4) is 5.75 Å². The van der Waals surface area contributed by atoms with Crippen LogP contribution in [0.1, 0.15) is 24.2 Å². The lowest BCUT2D eigenvalue weighted by Crippen LogP contribution is -2.22. The van der Waals surface area contributed by atoms with Crippen molar-refractivity contribution in [3.05, 3.63) is 23.5 Å². The van der Waals surface area contributed by atoms with Gasteiger partial charge in [0.05, 0.1) is 11.6 Å². The highest BCUT2D eigenvalue weighted by molar-refractivity contribution is 5.37. The van der Waals surface area contributed by atoms with Gasteiger partial charge in [-0.05, 0) is 19.1 Å². The Morgan fingerprint density at radius 2 is 2.12 bits per heavy atom. The number of hydrogen-bond acceptors (Lipinski definition) is 3. The molecular weight excluding hydrogens is 221 g/mol. The Morgan fingerprint density at radius 1 is 1.44 bits per heavy atom. The van der Waals surface area contributed by atoms with E-state index in [0.29, 0.717) is 11.4 Å². The maximum atomic E-state index is 12.4. The molecule has 1 aromatic heterocycles. The molecule has 1 aliphatic rings. The predicted octanol–water partition coefficient (Wildman–Crippen LogP) is 1.92. The molecule has 0 spiro atoms. The van der Waals surface area contributed by atoms with Gasteiger partial charge in [-0.15, -0.1) is 0 Å². The SMILES string of the molecule is C[C@H]1Oc2ccc(C(F)(F)F)nc2[C@@H]1CN. The maximum Gasteiger partial charge on any atom is 0.433 e. The second-order valence-corrected chi connectivity index (χ2v) is 3.74. The molecule has 2 heterocycles. The van der Waals surface area contributed by atoms with Crippen molar-refractivity contribution in [2.75, 3.05) is 6.54 Å². The number of nitrogens with zero attached hydrogens (tertiary/aromatic N) is 1. The number of halogens is 3. The van der Waals surface area contributed by atoms with Crippen LogP contribution in [0.3, 0.4) is 0 Å². The van der Waals surface area contributed by atoms with E-state index in [9.17, 15) is 13.2 Å². The molecule has 0 saturated heterocycles. The van der Waals surface area contributed by atoms with Crippen molar-refractivity contribution >= 4 is 0 Å².